The van der Waals surface area contributed by atoms with Gasteiger partial charge in [0.1, 0.15) is 36.3 Å². The summed E-state index contributed by atoms with van der Waals surface area (Å²) >= 11 is 0. The Bertz CT molecular complexity index is 1950. The van der Waals surface area contributed by atoms with E-state index in [0.717, 1.165) is 10.9 Å². The van der Waals surface area contributed by atoms with Crippen molar-refractivity contribution in [3.8, 4) is 0 Å². The van der Waals surface area contributed by atoms with E-state index >= 15 is 0 Å². The van der Waals surface area contributed by atoms with E-state index in [1.54, 1.807) is 7.05 Å². The van der Waals surface area contributed by atoms with E-state index in [-0.39, 0.29) is 22.8 Å². The van der Waals surface area contributed by atoms with Crippen molar-refractivity contribution in [1.82, 2.24) is 39.0 Å². The van der Waals surface area contributed by atoms with E-state index < -0.39 is 83.2 Å². The third-order valence-corrected chi connectivity index (χ3v) is 9.45. The molecule has 3 aliphatic heterocycles. The van der Waals surface area contributed by atoms with E-state index in [2.05, 4.69) is 35.2 Å². The average Bonchev–Trinajstić information content (AvgIpc) is 3.76. The maximum absolute atomic E-state index is 13.2. The van der Waals surface area contributed by atoms with Gasteiger partial charge in [0.2, 0.25) is 5.95 Å². The number of phosphoric ester groups is 1. The largest absolute Gasteiger partial charge is 0.472 e. The summed E-state index contributed by atoms with van der Waals surface area (Å²) in [5, 5.41) is 25.2. The van der Waals surface area contributed by atoms with Crippen LogP contribution in [0.5, 0.6) is 0 Å². The molecule has 8 N–H and O–H groups in total. The van der Waals surface area contributed by atoms with Crippen LogP contribution in [0, 0.1) is 0 Å². The van der Waals surface area contributed by atoms with E-state index in [4.69, 9.17) is 33.5 Å². The zero-order valence-corrected chi connectivity index (χ0v) is 25.1. The molecule has 0 spiro atoms. The molecule has 0 aliphatic carbocycles. The van der Waals surface area contributed by atoms with Gasteiger partial charge in [-0.3, -0.25) is 37.0 Å². The number of H-pyrrole nitrogens is 1. The number of aromatic nitrogens is 8. The predicted octanol–water partition coefficient (Wildman–Crippen LogP) is -1.88. The number of rotatable bonds is 3. The van der Waals surface area contributed by atoms with Gasteiger partial charge < -0.3 is 45.3 Å². The molecule has 3 fully saturated rings. The second-order valence-electron chi connectivity index (χ2n) is 10.4. The quantitative estimate of drug-likeness (QED) is 0.116. The molecule has 0 saturated carbocycles. The molecular formula is C21H26N10O13P2. The van der Waals surface area contributed by atoms with Crippen molar-refractivity contribution in [3.05, 3.63) is 29.3 Å². The third-order valence-electron chi connectivity index (χ3n) is 7.42. The number of nitrogen functional groups attached to an aromatic ring is 1. The Morgan fingerprint density at radius 2 is 1.67 bits per heavy atom. The van der Waals surface area contributed by atoms with Crippen molar-refractivity contribution in [3.63, 3.8) is 0 Å². The SMILES string of the molecule is CNc1ncnc2c1ncn2[C@@H]1O[C@@H]2COP(=O)(O)OC3C(O)[C@H](n4cnc5c(=O)[nH]c(N)nc54)O[C@@H]3OCP(=O)(O)OC2C1O. The van der Waals surface area contributed by atoms with Gasteiger partial charge in [0.15, 0.2) is 53.8 Å². The molecule has 4 aromatic heterocycles. The van der Waals surface area contributed by atoms with Crippen LogP contribution in [-0.4, -0.2) is 116 Å². The van der Waals surface area contributed by atoms with Crippen LogP contribution in [0.4, 0.5) is 11.8 Å². The maximum atomic E-state index is 13.2. The van der Waals surface area contributed by atoms with Crippen LogP contribution in [0.2, 0.25) is 0 Å². The van der Waals surface area contributed by atoms with Crippen LogP contribution < -0.4 is 16.6 Å². The molecule has 248 valence electrons. The van der Waals surface area contributed by atoms with Gasteiger partial charge in [0, 0.05) is 7.05 Å². The van der Waals surface area contributed by atoms with Gasteiger partial charge in [0.25, 0.3) is 5.56 Å². The summed E-state index contributed by atoms with van der Waals surface area (Å²) in [5.41, 5.74) is 5.23. The van der Waals surface area contributed by atoms with Gasteiger partial charge in [0.05, 0.1) is 19.3 Å². The maximum Gasteiger partial charge on any atom is 0.472 e. The number of hydrogen-bond donors (Lipinski definition) is 7. The summed E-state index contributed by atoms with van der Waals surface area (Å²) < 4.78 is 61.5. The van der Waals surface area contributed by atoms with Crippen molar-refractivity contribution in [2.24, 2.45) is 0 Å². The molecule has 6 unspecified atom stereocenters. The average molecular weight is 688 g/mol. The monoisotopic (exact) mass is 688 g/mol. The summed E-state index contributed by atoms with van der Waals surface area (Å²) in [4.78, 5) is 56.2. The highest BCUT2D eigenvalue weighted by Crippen LogP contribution is 2.53. The Hall–Kier alpha value is -3.44. The minimum atomic E-state index is -5.08. The molecule has 7 rings (SSSR count). The minimum absolute atomic E-state index is 0.116. The molecule has 3 saturated heterocycles. The molecule has 3 aliphatic rings. The first-order valence-electron chi connectivity index (χ1n) is 13.4. The topological polar surface area (TPSA) is 316 Å². The van der Waals surface area contributed by atoms with E-state index in [1.165, 1.54) is 17.2 Å². The number of anilines is 2. The number of hydrogen-bond acceptors (Lipinski definition) is 18. The summed E-state index contributed by atoms with van der Waals surface area (Å²) in [5.74, 6) is 0.108. The fourth-order valence-corrected chi connectivity index (χ4v) is 7.36. The normalized spacial score (nSPS) is 37.1. The fraction of sp³-hybridized carbons (Fsp3) is 0.524. The molecule has 0 aromatic carbocycles. The van der Waals surface area contributed by atoms with E-state index in [9.17, 15) is 33.9 Å². The Morgan fingerprint density at radius 3 is 2.43 bits per heavy atom. The highest BCUT2D eigenvalue weighted by molar-refractivity contribution is 7.52. The molecule has 10 atom stereocenters. The van der Waals surface area contributed by atoms with Crippen LogP contribution in [0.15, 0.2) is 23.8 Å². The number of aliphatic hydroxyl groups is 2. The first-order chi connectivity index (χ1) is 21.9. The molecule has 0 amide bonds. The number of aliphatic hydroxyl groups excluding tert-OH is 2. The van der Waals surface area contributed by atoms with Crippen LogP contribution >= 0.6 is 15.4 Å². The lowest BCUT2D eigenvalue weighted by Crippen LogP contribution is -2.38. The van der Waals surface area contributed by atoms with Gasteiger partial charge in [-0.05, 0) is 0 Å². The zero-order chi connectivity index (χ0) is 32.5. The molecule has 4 aromatic rings. The highest BCUT2D eigenvalue weighted by atomic mass is 31.2. The first-order valence-corrected chi connectivity index (χ1v) is 16.6. The summed E-state index contributed by atoms with van der Waals surface area (Å²) in [7, 11) is -8.22. The number of phosphoric acid groups is 1. The van der Waals surface area contributed by atoms with Crippen molar-refractivity contribution in [2.75, 3.05) is 31.1 Å². The number of aromatic amines is 1. The molecule has 0 radical (unpaired) electrons. The lowest BCUT2D eigenvalue weighted by atomic mass is 10.1. The standard InChI is InChI=1S/C21H26N10O13P2/c1-23-14-8-15(25-3-24-14)30(4-26-8)18-10(32)12-7(41-18)2-40-46(37,38)44-13-11(33)19(42-20(13)39-6-45(35,36)43-12)31-5-27-9-16(31)28-21(22)29-17(9)34/h3-5,7,10-13,18-20,32-33H,2,6H2,1H3,(H,35,36)(H,37,38)(H,23,24,25)(H3,22,28,29,34)/t7-,10?,11?,12?,13?,18-,19-,20+/m1/s1. The first kappa shape index (κ1) is 31.2. The molecular weight excluding hydrogens is 662 g/mol. The smallest absolute Gasteiger partial charge is 0.386 e. The molecule has 0 bridgehead atoms. The Morgan fingerprint density at radius 1 is 0.978 bits per heavy atom. The molecule has 23 nitrogen and oxygen atoms in total. The number of nitrogens with two attached hydrogens (primary N) is 1. The fourth-order valence-electron chi connectivity index (χ4n) is 5.40. The third kappa shape index (κ3) is 5.39. The minimum Gasteiger partial charge on any atom is -0.386 e. The number of nitrogens with zero attached hydrogens (tertiary/aromatic N) is 7. The van der Waals surface area contributed by atoms with Gasteiger partial charge in [-0.15, -0.1) is 0 Å². The van der Waals surface area contributed by atoms with Crippen molar-refractivity contribution in [2.45, 2.75) is 49.3 Å². The van der Waals surface area contributed by atoms with Gasteiger partial charge in [-0.1, -0.05) is 0 Å². The van der Waals surface area contributed by atoms with Crippen molar-refractivity contribution < 1.29 is 56.9 Å². The van der Waals surface area contributed by atoms with Crippen molar-refractivity contribution >= 4 is 49.5 Å². The van der Waals surface area contributed by atoms with E-state index in [1.807, 2.05) is 0 Å². The van der Waals surface area contributed by atoms with Crippen LogP contribution in [0.1, 0.15) is 12.5 Å². The molecule has 46 heavy (non-hydrogen) atoms. The van der Waals surface area contributed by atoms with Crippen molar-refractivity contribution in [1.29, 1.82) is 0 Å². The number of nitrogens with one attached hydrogen (secondary N) is 2. The second-order valence-corrected chi connectivity index (χ2v) is 13.5. The number of ether oxygens (including phenoxy) is 3. The number of fused-ring (bicyclic) bond motifs is 4. The van der Waals surface area contributed by atoms with E-state index in [0.29, 0.717) is 11.3 Å². The predicted molar refractivity (Wildman–Crippen MR) is 149 cm³/mol. The van der Waals surface area contributed by atoms with Gasteiger partial charge in [-0.25, -0.2) is 24.5 Å². The Kier molecular flexibility index (Phi) is 7.70. The molecule has 7 heterocycles. The Labute approximate surface area is 255 Å². The Balaban J connectivity index is 1.17. The summed E-state index contributed by atoms with van der Waals surface area (Å²) in [6, 6.07) is 0. The summed E-state index contributed by atoms with van der Waals surface area (Å²) in [6.07, 6.45) is -10.3. The van der Waals surface area contributed by atoms with Crippen LogP contribution in [-0.2, 0) is 36.9 Å². The second kappa shape index (κ2) is 11.4. The summed E-state index contributed by atoms with van der Waals surface area (Å²) in [6.45, 7) is -0.786. The van der Waals surface area contributed by atoms with Crippen LogP contribution in [0.3, 0.4) is 0 Å². The highest BCUT2D eigenvalue weighted by Gasteiger charge is 2.54. The lowest BCUT2D eigenvalue weighted by molar-refractivity contribution is -0.168. The number of imidazole rings is 2. The van der Waals surface area contributed by atoms with Crippen LogP contribution in [0.25, 0.3) is 22.3 Å². The molecule has 25 heteroatoms. The van der Waals surface area contributed by atoms with Gasteiger partial charge >= 0.3 is 15.4 Å². The zero-order valence-electron chi connectivity index (χ0n) is 23.3. The lowest BCUT2D eigenvalue weighted by Gasteiger charge is -2.28. The van der Waals surface area contributed by atoms with Gasteiger partial charge in [-0.2, -0.15) is 4.98 Å².